The first-order valence-corrected chi connectivity index (χ1v) is 2.62. The van der Waals surface area contributed by atoms with E-state index in [1.54, 1.807) is 13.8 Å². The van der Waals surface area contributed by atoms with E-state index in [1.807, 2.05) is 0 Å². The summed E-state index contributed by atoms with van der Waals surface area (Å²) in [6, 6.07) is 0. The number of aliphatic hydroxyl groups excluding tert-OH is 1. The first-order chi connectivity index (χ1) is 4.06. The fourth-order valence-electron chi connectivity index (χ4n) is 0. The van der Waals surface area contributed by atoms with Crippen LogP contribution in [0.3, 0.4) is 0 Å². The summed E-state index contributed by atoms with van der Waals surface area (Å²) in [5, 5.41) is 7.57. The SMILES string of the molecule is C=C(C)C(N)=O.CCO. The molecule has 0 heterocycles. The molecule has 0 aliphatic rings. The molecule has 0 saturated heterocycles. The van der Waals surface area contributed by atoms with Crippen molar-refractivity contribution in [1.82, 2.24) is 0 Å². The highest BCUT2D eigenvalue weighted by atomic mass is 16.2. The number of nitrogens with two attached hydrogens (primary N) is 1. The molecule has 1 amide bonds. The Balaban J connectivity index is 0. The topological polar surface area (TPSA) is 63.3 Å². The van der Waals surface area contributed by atoms with Crippen molar-refractivity contribution in [2.75, 3.05) is 6.61 Å². The minimum absolute atomic E-state index is 0.250. The molecule has 0 fully saturated rings. The van der Waals surface area contributed by atoms with Gasteiger partial charge in [0.1, 0.15) is 0 Å². The van der Waals surface area contributed by atoms with E-state index < -0.39 is 5.91 Å². The minimum Gasteiger partial charge on any atom is -0.397 e. The minimum atomic E-state index is -0.435. The third kappa shape index (κ3) is 19.1. The molecule has 0 aromatic rings. The second kappa shape index (κ2) is 7.17. The fourth-order valence-corrected chi connectivity index (χ4v) is 0. The highest BCUT2D eigenvalue weighted by Crippen LogP contribution is 1.78. The molecule has 0 aliphatic heterocycles. The molecule has 3 nitrogen and oxygen atoms in total. The van der Waals surface area contributed by atoms with Crippen molar-refractivity contribution < 1.29 is 9.90 Å². The quantitative estimate of drug-likeness (QED) is 0.494. The molecule has 54 valence electrons. The van der Waals surface area contributed by atoms with Crippen LogP contribution in [0.15, 0.2) is 12.2 Å². The van der Waals surface area contributed by atoms with Gasteiger partial charge in [-0.15, -0.1) is 0 Å². The van der Waals surface area contributed by atoms with Crippen LogP contribution in [-0.4, -0.2) is 17.6 Å². The van der Waals surface area contributed by atoms with Gasteiger partial charge in [-0.1, -0.05) is 6.58 Å². The number of hydrogen-bond acceptors (Lipinski definition) is 2. The van der Waals surface area contributed by atoms with Crippen LogP contribution in [0.2, 0.25) is 0 Å². The van der Waals surface area contributed by atoms with Crippen LogP contribution in [-0.2, 0) is 4.79 Å². The molecular weight excluding hydrogens is 118 g/mol. The molecule has 0 spiro atoms. The molecule has 0 aliphatic carbocycles. The number of hydrogen-bond donors (Lipinski definition) is 2. The third-order valence-electron chi connectivity index (χ3n) is 0.421. The van der Waals surface area contributed by atoms with E-state index in [2.05, 4.69) is 6.58 Å². The Hall–Kier alpha value is -0.830. The van der Waals surface area contributed by atoms with Gasteiger partial charge in [-0.25, -0.2) is 0 Å². The van der Waals surface area contributed by atoms with E-state index in [9.17, 15) is 4.79 Å². The first kappa shape index (κ1) is 11.0. The number of aliphatic hydroxyl groups is 1. The Bertz CT molecular complexity index is 87.2. The van der Waals surface area contributed by atoms with Crippen LogP contribution in [0.1, 0.15) is 13.8 Å². The summed E-state index contributed by atoms with van der Waals surface area (Å²) in [6.45, 7) is 6.78. The van der Waals surface area contributed by atoms with E-state index in [1.165, 1.54) is 0 Å². The van der Waals surface area contributed by atoms with Gasteiger partial charge in [0.2, 0.25) is 5.91 Å². The second-order valence-corrected chi connectivity index (χ2v) is 1.46. The van der Waals surface area contributed by atoms with Crippen molar-refractivity contribution in [3.63, 3.8) is 0 Å². The number of carbonyl (C=O) groups excluding carboxylic acids is 1. The van der Waals surface area contributed by atoms with Crippen molar-refractivity contribution in [1.29, 1.82) is 0 Å². The molecule has 3 heteroatoms. The molecule has 0 bridgehead atoms. The van der Waals surface area contributed by atoms with Crippen LogP contribution in [0.25, 0.3) is 0 Å². The lowest BCUT2D eigenvalue weighted by atomic mass is 10.3. The Morgan fingerprint density at radius 1 is 1.78 bits per heavy atom. The van der Waals surface area contributed by atoms with Crippen LogP contribution < -0.4 is 5.73 Å². The Kier molecular flexibility index (Phi) is 8.79. The van der Waals surface area contributed by atoms with Crippen molar-refractivity contribution >= 4 is 5.91 Å². The largest absolute Gasteiger partial charge is 0.397 e. The number of amides is 1. The van der Waals surface area contributed by atoms with Gasteiger partial charge in [-0.2, -0.15) is 0 Å². The maximum Gasteiger partial charge on any atom is 0.243 e. The normalized spacial score (nSPS) is 7.00. The maximum absolute atomic E-state index is 9.82. The Morgan fingerprint density at radius 2 is 1.89 bits per heavy atom. The zero-order chi connectivity index (χ0) is 7.86. The van der Waals surface area contributed by atoms with Gasteiger partial charge >= 0.3 is 0 Å². The van der Waals surface area contributed by atoms with Crippen molar-refractivity contribution in [2.45, 2.75) is 13.8 Å². The first-order valence-electron chi connectivity index (χ1n) is 2.62. The summed E-state index contributed by atoms with van der Waals surface area (Å²) in [4.78, 5) is 9.82. The molecule has 0 rings (SSSR count). The van der Waals surface area contributed by atoms with Gasteiger partial charge in [-0.3, -0.25) is 4.79 Å². The lowest BCUT2D eigenvalue weighted by molar-refractivity contribution is -0.114. The summed E-state index contributed by atoms with van der Waals surface area (Å²) in [5.41, 5.74) is 5.09. The predicted molar refractivity (Wildman–Crippen MR) is 36.8 cm³/mol. The van der Waals surface area contributed by atoms with E-state index in [4.69, 9.17) is 10.8 Å². The van der Waals surface area contributed by atoms with Crippen LogP contribution in [0, 0.1) is 0 Å². The monoisotopic (exact) mass is 131 g/mol. The fraction of sp³-hybridized carbons (Fsp3) is 0.500. The van der Waals surface area contributed by atoms with Crippen LogP contribution in [0.5, 0.6) is 0 Å². The highest BCUT2D eigenvalue weighted by Gasteiger charge is 1.86. The maximum atomic E-state index is 9.82. The average Bonchev–Trinajstić information content (AvgIpc) is 1.68. The molecule has 0 unspecified atom stereocenters. The summed E-state index contributed by atoms with van der Waals surface area (Å²) in [7, 11) is 0. The Morgan fingerprint density at radius 3 is 1.89 bits per heavy atom. The smallest absolute Gasteiger partial charge is 0.243 e. The predicted octanol–water partition coefficient (Wildman–Crippen LogP) is 0.0464. The van der Waals surface area contributed by atoms with Crippen LogP contribution >= 0.6 is 0 Å². The average molecular weight is 131 g/mol. The van der Waals surface area contributed by atoms with Crippen molar-refractivity contribution in [3.8, 4) is 0 Å². The summed E-state index contributed by atoms with van der Waals surface area (Å²) in [5.74, 6) is -0.435. The molecule has 9 heavy (non-hydrogen) atoms. The highest BCUT2D eigenvalue weighted by molar-refractivity contribution is 5.90. The van der Waals surface area contributed by atoms with E-state index in [-0.39, 0.29) is 6.61 Å². The zero-order valence-corrected chi connectivity index (χ0v) is 5.85. The lowest BCUT2D eigenvalue weighted by Crippen LogP contribution is -2.10. The van der Waals surface area contributed by atoms with Gasteiger partial charge < -0.3 is 10.8 Å². The Labute approximate surface area is 55.2 Å². The number of primary amides is 1. The van der Waals surface area contributed by atoms with Crippen molar-refractivity contribution in [3.05, 3.63) is 12.2 Å². The van der Waals surface area contributed by atoms with E-state index in [0.29, 0.717) is 5.57 Å². The molecule has 0 radical (unpaired) electrons. The standard InChI is InChI=1S/C4H7NO.C2H6O/c1-3(2)4(5)6;1-2-3/h1H2,2H3,(H2,5,6);3H,2H2,1H3. The molecule has 0 saturated carbocycles. The van der Waals surface area contributed by atoms with Gasteiger partial charge in [0.15, 0.2) is 0 Å². The molecule has 0 aromatic heterocycles. The second-order valence-electron chi connectivity index (χ2n) is 1.46. The third-order valence-corrected chi connectivity index (χ3v) is 0.421. The number of rotatable bonds is 1. The van der Waals surface area contributed by atoms with Gasteiger partial charge in [0.25, 0.3) is 0 Å². The zero-order valence-electron chi connectivity index (χ0n) is 5.85. The molecule has 0 aromatic carbocycles. The summed E-state index contributed by atoms with van der Waals surface area (Å²) in [6.07, 6.45) is 0. The number of carbonyl (C=O) groups is 1. The van der Waals surface area contributed by atoms with E-state index in [0.717, 1.165) is 0 Å². The van der Waals surface area contributed by atoms with Gasteiger partial charge in [0.05, 0.1) is 0 Å². The van der Waals surface area contributed by atoms with E-state index >= 15 is 0 Å². The summed E-state index contributed by atoms with van der Waals surface area (Å²) < 4.78 is 0. The van der Waals surface area contributed by atoms with Crippen molar-refractivity contribution in [2.24, 2.45) is 5.73 Å². The summed E-state index contributed by atoms with van der Waals surface area (Å²) >= 11 is 0. The lowest BCUT2D eigenvalue weighted by Gasteiger charge is -1.81. The molecular formula is C6H13NO2. The van der Waals surface area contributed by atoms with Gasteiger partial charge in [0, 0.05) is 12.2 Å². The van der Waals surface area contributed by atoms with Gasteiger partial charge in [-0.05, 0) is 13.8 Å². The molecule has 3 N–H and O–H groups in total. The van der Waals surface area contributed by atoms with Crippen LogP contribution in [0.4, 0.5) is 0 Å². The molecule has 0 atom stereocenters.